The van der Waals surface area contributed by atoms with Crippen molar-refractivity contribution in [3.63, 3.8) is 0 Å². The minimum absolute atomic E-state index is 0.466. The molecule has 1 unspecified atom stereocenters. The molecule has 0 aliphatic carbocycles. The van der Waals surface area contributed by atoms with Crippen LogP contribution in [-0.4, -0.2) is 48.8 Å². The van der Waals surface area contributed by atoms with Crippen LogP contribution in [0.2, 0.25) is 0 Å². The van der Waals surface area contributed by atoms with Crippen LogP contribution in [0, 0.1) is 0 Å². The molecule has 1 N–H and O–H groups in total. The Balaban J connectivity index is 1.70. The molecular formula is C13H20BrN3O. The maximum absolute atomic E-state index is 5.35. The summed E-state index contributed by atoms with van der Waals surface area (Å²) in [7, 11) is 0. The maximum atomic E-state index is 5.35. The predicted molar refractivity (Wildman–Crippen MR) is 75.5 cm³/mol. The number of hydrogen-bond acceptors (Lipinski definition) is 4. The van der Waals surface area contributed by atoms with Crippen molar-refractivity contribution in [1.82, 2.24) is 15.2 Å². The summed E-state index contributed by atoms with van der Waals surface area (Å²) in [4.78, 5) is 6.79. The third-order valence-electron chi connectivity index (χ3n) is 3.06. The van der Waals surface area contributed by atoms with E-state index in [-0.39, 0.29) is 0 Å². The normalized spacial score (nSPS) is 18.8. The number of pyridine rings is 1. The number of nitrogens with one attached hydrogen (secondary N) is 1. The summed E-state index contributed by atoms with van der Waals surface area (Å²) >= 11 is 3.39. The highest BCUT2D eigenvalue weighted by Gasteiger charge is 2.13. The zero-order valence-electron chi connectivity index (χ0n) is 10.7. The smallest absolute Gasteiger partial charge is 0.0594 e. The Labute approximate surface area is 117 Å². The quantitative estimate of drug-likeness (QED) is 0.897. The number of morpholine rings is 1. The summed E-state index contributed by atoms with van der Waals surface area (Å²) in [5, 5.41) is 3.51. The van der Waals surface area contributed by atoms with Gasteiger partial charge in [-0.25, -0.2) is 0 Å². The summed E-state index contributed by atoms with van der Waals surface area (Å²) in [5.41, 5.74) is 1.08. The van der Waals surface area contributed by atoms with Crippen molar-refractivity contribution >= 4 is 15.9 Å². The summed E-state index contributed by atoms with van der Waals surface area (Å²) in [6.07, 6.45) is 1.84. The lowest BCUT2D eigenvalue weighted by Crippen LogP contribution is -2.44. The van der Waals surface area contributed by atoms with Crippen LogP contribution in [0.25, 0.3) is 0 Å². The van der Waals surface area contributed by atoms with Gasteiger partial charge in [-0.3, -0.25) is 9.88 Å². The van der Waals surface area contributed by atoms with E-state index in [0.29, 0.717) is 6.04 Å². The van der Waals surface area contributed by atoms with Gasteiger partial charge < -0.3 is 10.1 Å². The first-order valence-electron chi connectivity index (χ1n) is 6.38. The second-order valence-electron chi connectivity index (χ2n) is 4.66. The average molecular weight is 314 g/mol. The van der Waals surface area contributed by atoms with Crippen molar-refractivity contribution in [2.75, 3.05) is 32.8 Å². The van der Waals surface area contributed by atoms with Crippen molar-refractivity contribution in [3.8, 4) is 0 Å². The first-order chi connectivity index (χ1) is 8.74. The first kappa shape index (κ1) is 13.9. The van der Waals surface area contributed by atoms with Gasteiger partial charge in [0.2, 0.25) is 0 Å². The molecule has 1 fully saturated rings. The zero-order valence-corrected chi connectivity index (χ0v) is 12.3. The highest BCUT2D eigenvalue weighted by Crippen LogP contribution is 2.07. The van der Waals surface area contributed by atoms with Crippen molar-refractivity contribution in [2.45, 2.75) is 19.5 Å². The molecule has 2 rings (SSSR count). The van der Waals surface area contributed by atoms with E-state index in [1.54, 1.807) is 0 Å². The molecule has 0 spiro atoms. The molecule has 0 amide bonds. The van der Waals surface area contributed by atoms with Gasteiger partial charge in [0.05, 0.1) is 18.9 Å². The fourth-order valence-electron chi connectivity index (χ4n) is 2.03. The Morgan fingerprint density at radius 3 is 2.89 bits per heavy atom. The molecule has 0 aromatic carbocycles. The summed E-state index contributed by atoms with van der Waals surface area (Å²) in [6.45, 7) is 7.92. The minimum Gasteiger partial charge on any atom is -0.379 e. The largest absolute Gasteiger partial charge is 0.379 e. The number of ether oxygens (including phenoxy) is 1. The Hall–Kier alpha value is -0.490. The molecule has 2 heterocycles. The van der Waals surface area contributed by atoms with Gasteiger partial charge in [0.1, 0.15) is 0 Å². The van der Waals surface area contributed by atoms with Crippen LogP contribution in [-0.2, 0) is 11.3 Å². The van der Waals surface area contributed by atoms with E-state index in [1.807, 2.05) is 18.3 Å². The number of aromatic nitrogens is 1. The van der Waals surface area contributed by atoms with E-state index in [4.69, 9.17) is 4.74 Å². The Bertz CT molecular complexity index is 352. The van der Waals surface area contributed by atoms with Crippen molar-refractivity contribution in [2.24, 2.45) is 0 Å². The van der Waals surface area contributed by atoms with Gasteiger partial charge in [-0.05, 0) is 35.0 Å². The van der Waals surface area contributed by atoms with Gasteiger partial charge in [0.15, 0.2) is 0 Å². The third kappa shape index (κ3) is 4.65. The van der Waals surface area contributed by atoms with Crippen LogP contribution in [0.5, 0.6) is 0 Å². The van der Waals surface area contributed by atoms with Gasteiger partial charge >= 0.3 is 0 Å². The molecule has 0 bridgehead atoms. The van der Waals surface area contributed by atoms with Gasteiger partial charge in [0.25, 0.3) is 0 Å². The fraction of sp³-hybridized carbons (Fsp3) is 0.615. The highest BCUT2D eigenvalue weighted by atomic mass is 79.9. The van der Waals surface area contributed by atoms with Crippen LogP contribution < -0.4 is 5.32 Å². The number of nitrogens with zero attached hydrogens (tertiary/aromatic N) is 2. The summed E-state index contributed by atoms with van der Waals surface area (Å²) < 4.78 is 6.37. The zero-order chi connectivity index (χ0) is 12.8. The van der Waals surface area contributed by atoms with E-state index in [1.165, 1.54) is 0 Å². The van der Waals surface area contributed by atoms with Crippen LogP contribution in [0.3, 0.4) is 0 Å². The average Bonchev–Trinajstić information content (AvgIpc) is 2.39. The topological polar surface area (TPSA) is 37.4 Å². The number of halogens is 1. The van der Waals surface area contributed by atoms with Crippen molar-refractivity contribution in [3.05, 3.63) is 28.5 Å². The Kier molecular flexibility index (Phi) is 5.56. The molecule has 1 aliphatic heterocycles. The Morgan fingerprint density at radius 2 is 2.22 bits per heavy atom. The lowest BCUT2D eigenvalue weighted by molar-refractivity contribution is 0.0343. The molecule has 5 heteroatoms. The highest BCUT2D eigenvalue weighted by molar-refractivity contribution is 9.10. The molecular weight excluding hydrogens is 294 g/mol. The molecule has 1 aliphatic rings. The van der Waals surface area contributed by atoms with Gasteiger partial charge in [-0.2, -0.15) is 0 Å². The third-order valence-corrected chi connectivity index (χ3v) is 3.53. The van der Waals surface area contributed by atoms with E-state index in [2.05, 4.69) is 38.1 Å². The fourth-order valence-corrected chi connectivity index (χ4v) is 2.26. The molecule has 0 saturated carbocycles. The minimum atomic E-state index is 0.466. The predicted octanol–water partition coefficient (Wildman–Crippen LogP) is 1.65. The maximum Gasteiger partial charge on any atom is 0.0594 e. The van der Waals surface area contributed by atoms with Crippen LogP contribution in [0.4, 0.5) is 0 Å². The molecule has 18 heavy (non-hydrogen) atoms. The van der Waals surface area contributed by atoms with E-state index in [9.17, 15) is 0 Å². The molecule has 1 aromatic heterocycles. The van der Waals surface area contributed by atoms with Crippen LogP contribution in [0.1, 0.15) is 12.6 Å². The molecule has 100 valence electrons. The lowest BCUT2D eigenvalue weighted by atomic mass is 10.2. The molecule has 4 nitrogen and oxygen atoms in total. The van der Waals surface area contributed by atoms with Crippen molar-refractivity contribution < 1.29 is 4.74 Å². The molecule has 1 atom stereocenters. The monoisotopic (exact) mass is 313 g/mol. The van der Waals surface area contributed by atoms with E-state index < -0.39 is 0 Å². The van der Waals surface area contributed by atoms with Gasteiger partial charge in [-0.1, -0.05) is 0 Å². The second kappa shape index (κ2) is 7.19. The lowest BCUT2D eigenvalue weighted by Gasteiger charge is -2.29. The first-order valence-corrected chi connectivity index (χ1v) is 7.17. The van der Waals surface area contributed by atoms with Gasteiger partial charge in [-0.15, -0.1) is 0 Å². The number of rotatable bonds is 5. The van der Waals surface area contributed by atoms with E-state index in [0.717, 1.165) is 49.6 Å². The van der Waals surface area contributed by atoms with Crippen LogP contribution in [0.15, 0.2) is 22.8 Å². The van der Waals surface area contributed by atoms with Gasteiger partial charge in [0, 0.05) is 42.9 Å². The second-order valence-corrected chi connectivity index (χ2v) is 5.58. The molecule has 0 radical (unpaired) electrons. The molecule has 1 saturated heterocycles. The molecule has 1 aromatic rings. The van der Waals surface area contributed by atoms with Crippen LogP contribution >= 0.6 is 15.9 Å². The summed E-state index contributed by atoms with van der Waals surface area (Å²) in [6, 6.07) is 4.53. The SMILES string of the molecule is CC(CN1CCOCC1)NCc1ccc(Br)cn1. The Morgan fingerprint density at radius 1 is 1.44 bits per heavy atom. The standard InChI is InChI=1S/C13H20BrN3O/c1-11(10-17-4-6-18-7-5-17)15-9-13-3-2-12(14)8-16-13/h2-3,8,11,15H,4-7,9-10H2,1H3. The number of hydrogen-bond donors (Lipinski definition) is 1. The van der Waals surface area contributed by atoms with Crippen molar-refractivity contribution in [1.29, 1.82) is 0 Å². The van der Waals surface area contributed by atoms with E-state index >= 15 is 0 Å². The summed E-state index contributed by atoms with van der Waals surface area (Å²) in [5.74, 6) is 0.